The molecule has 138 valence electrons. The molecule has 1 rings (SSSR count). The van der Waals surface area contributed by atoms with Gasteiger partial charge in [-0.15, -0.1) is 0 Å². The van der Waals surface area contributed by atoms with Gasteiger partial charge >= 0.3 is 12.1 Å². The molecule has 0 unspecified atom stereocenters. The molecule has 0 radical (unpaired) electrons. The summed E-state index contributed by atoms with van der Waals surface area (Å²) in [5.41, 5.74) is 9.53. The van der Waals surface area contributed by atoms with Crippen molar-refractivity contribution in [3.63, 3.8) is 0 Å². The second-order valence-electron chi connectivity index (χ2n) is 5.48. The average Bonchev–Trinajstić information content (AvgIpc) is 2.65. The van der Waals surface area contributed by atoms with Gasteiger partial charge in [0.25, 0.3) is 0 Å². The third-order valence-electron chi connectivity index (χ3n) is 3.52. The quantitative estimate of drug-likeness (QED) is 0.223. The summed E-state index contributed by atoms with van der Waals surface area (Å²) in [6.45, 7) is 1.92. The van der Waals surface area contributed by atoms with E-state index in [0.717, 1.165) is 6.42 Å². The van der Waals surface area contributed by atoms with E-state index < -0.39 is 12.1 Å². The van der Waals surface area contributed by atoms with Crippen molar-refractivity contribution < 1.29 is 19.1 Å². The van der Waals surface area contributed by atoms with Crippen LogP contribution < -0.4 is 5.32 Å². The first-order valence-corrected chi connectivity index (χ1v) is 8.15. The number of rotatable bonds is 10. The molecule has 1 atom stereocenters. The smallest absolute Gasteiger partial charge is 0.407 e. The van der Waals surface area contributed by atoms with Gasteiger partial charge < -0.3 is 14.8 Å². The van der Waals surface area contributed by atoms with E-state index >= 15 is 0 Å². The lowest BCUT2D eigenvalue weighted by Crippen LogP contribution is -2.25. The molecule has 0 aliphatic carbocycles. The van der Waals surface area contributed by atoms with E-state index in [4.69, 9.17) is 20.3 Å². The predicted molar refractivity (Wildman–Crippen MR) is 93.0 cm³/mol. The summed E-state index contributed by atoms with van der Waals surface area (Å²) in [6.07, 6.45) is 1.45. The Hall–Kier alpha value is -3.24. The van der Waals surface area contributed by atoms with Gasteiger partial charge in [-0.2, -0.15) is 5.26 Å². The zero-order valence-electron chi connectivity index (χ0n) is 14.6. The number of ether oxygens (including phenoxy) is 2. The van der Waals surface area contributed by atoms with Crippen LogP contribution in [0, 0.1) is 17.2 Å². The molecule has 1 aromatic carbocycles. The highest BCUT2D eigenvalue weighted by Gasteiger charge is 2.13. The SMILES string of the molecule is C[C@@H](CCCCNC(=O)OCc1ccccc1N=[N+]=[N-])C(=O)OCC#N. The molecular formula is C17H21N5O4. The lowest BCUT2D eigenvalue weighted by molar-refractivity contribution is -0.146. The zero-order chi connectivity index (χ0) is 19.2. The number of nitriles is 1. The molecule has 0 heterocycles. The number of amides is 1. The number of nitrogens with zero attached hydrogens (tertiary/aromatic N) is 4. The molecule has 0 aliphatic rings. The van der Waals surface area contributed by atoms with Gasteiger partial charge in [-0.25, -0.2) is 4.79 Å². The Balaban J connectivity index is 2.21. The highest BCUT2D eigenvalue weighted by Crippen LogP contribution is 2.19. The van der Waals surface area contributed by atoms with Crippen molar-refractivity contribution in [1.82, 2.24) is 5.32 Å². The summed E-state index contributed by atoms with van der Waals surface area (Å²) in [7, 11) is 0. The Bertz CT molecular complexity index is 695. The third-order valence-corrected chi connectivity index (χ3v) is 3.52. The monoisotopic (exact) mass is 359 g/mol. The number of carbonyl (C=O) groups excluding carboxylic acids is 2. The predicted octanol–water partition coefficient (Wildman–Crippen LogP) is 3.73. The molecule has 9 heteroatoms. The van der Waals surface area contributed by atoms with E-state index in [1.54, 1.807) is 37.3 Å². The maximum Gasteiger partial charge on any atom is 0.407 e. The lowest BCUT2D eigenvalue weighted by Gasteiger charge is -2.10. The number of benzene rings is 1. The van der Waals surface area contributed by atoms with E-state index in [-0.39, 0.29) is 19.1 Å². The number of esters is 1. The van der Waals surface area contributed by atoms with Crippen molar-refractivity contribution in [2.24, 2.45) is 11.0 Å². The Labute approximate surface area is 151 Å². The van der Waals surface area contributed by atoms with Gasteiger partial charge in [0.1, 0.15) is 12.7 Å². The maximum absolute atomic E-state index is 11.7. The molecule has 1 N–H and O–H groups in total. The van der Waals surface area contributed by atoms with Crippen LogP contribution in [-0.4, -0.2) is 25.2 Å². The van der Waals surface area contributed by atoms with Crippen LogP contribution in [-0.2, 0) is 20.9 Å². The first-order valence-electron chi connectivity index (χ1n) is 8.15. The number of azide groups is 1. The van der Waals surface area contributed by atoms with Crippen LogP contribution in [0.15, 0.2) is 29.4 Å². The Kier molecular flexibility index (Phi) is 9.74. The molecule has 0 spiro atoms. The van der Waals surface area contributed by atoms with Gasteiger partial charge in [0, 0.05) is 17.1 Å². The number of alkyl carbamates (subject to hydrolysis) is 1. The maximum atomic E-state index is 11.7. The van der Waals surface area contributed by atoms with Crippen molar-refractivity contribution in [3.8, 4) is 6.07 Å². The summed E-state index contributed by atoms with van der Waals surface area (Å²) in [4.78, 5) is 25.9. The largest absolute Gasteiger partial charge is 0.450 e. The minimum Gasteiger partial charge on any atom is -0.450 e. The fourth-order valence-electron chi connectivity index (χ4n) is 2.10. The van der Waals surface area contributed by atoms with E-state index in [1.807, 2.05) is 0 Å². The van der Waals surface area contributed by atoms with Gasteiger partial charge in [-0.3, -0.25) is 4.79 Å². The average molecular weight is 359 g/mol. The summed E-state index contributed by atoms with van der Waals surface area (Å²) >= 11 is 0. The van der Waals surface area contributed by atoms with Crippen LogP contribution in [0.5, 0.6) is 0 Å². The highest BCUT2D eigenvalue weighted by molar-refractivity contribution is 5.72. The van der Waals surface area contributed by atoms with Crippen LogP contribution >= 0.6 is 0 Å². The molecule has 1 amide bonds. The topological polar surface area (TPSA) is 137 Å². The van der Waals surface area contributed by atoms with Gasteiger partial charge in [0.05, 0.1) is 5.92 Å². The van der Waals surface area contributed by atoms with Crippen molar-refractivity contribution in [2.75, 3.05) is 13.2 Å². The molecule has 0 aromatic heterocycles. The molecular weight excluding hydrogens is 338 g/mol. The fraction of sp³-hybridized carbons (Fsp3) is 0.471. The first-order chi connectivity index (χ1) is 12.6. The van der Waals surface area contributed by atoms with Gasteiger partial charge in [-0.1, -0.05) is 42.7 Å². The summed E-state index contributed by atoms with van der Waals surface area (Å²) in [6, 6.07) is 8.59. The van der Waals surface area contributed by atoms with Gasteiger partial charge in [0.15, 0.2) is 6.61 Å². The Morgan fingerprint density at radius 2 is 2.12 bits per heavy atom. The van der Waals surface area contributed by atoms with E-state index in [1.165, 1.54) is 0 Å². The van der Waals surface area contributed by atoms with Crippen LogP contribution in [0.2, 0.25) is 0 Å². The van der Waals surface area contributed by atoms with Gasteiger partial charge in [0.2, 0.25) is 0 Å². The van der Waals surface area contributed by atoms with E-state index in [2.05, 4.69) is 15.3 Å². The second-order valence-corrected chi connectivity index (χ2v) is 5.48. The molecule has 0 saturated heterocycles. The molecule has 26 heavy (non-hydrogen) atoms. The summed E-state index contributed by atoms with van der Waals surface area (Å²) in [5, 5.41) is 14.5. The van der Waals surface area contributed by atoms with Crippen molar-refractivity contribution >= 4 is 17.7 Å². The number of carbonyl (C=O) groups is 2. The van der Waals surface area contributed by atoms with Crippen molar-refractivity contribution in [2.45, 2.75) is 32.8 Å². The number of hydrogen-bond acceptors (Lipinski definition) is 6. The first kappa shape index (κ1) is 20.8. The Morgan fingerprint density at radius 1 is 1.35 bits per heavy atom. The van der Waals surface area contributed by atoms with Crippen molar-refractivity contribution in [1.29, 1.82) is 5.26 Å². The fourth-order valence-corrected chi connectivity index (χ4v) is 2.10. The zero-order valence-corrected chi connectivity index (χ0v) is 14.6. The standard InChI is InChI=1S/C17H21N5O4/c1-13(16(23)25-11-9-18)6-4-5-10-20-17(24)26-12-14-7-2-3-8-15(14)21-22-19/h2-3,7-8,13H,4-6,10-12H2,1H3,(H,20,24)/t13-/m0/s1. The number of hydrogen-bond donors (Lipinski definition) is 1. The van der Waals surface area contributed by atoms with Gasteiger partial charge in [-0.05, 0) is 23.9 Å². The summed E-state index contributed by atoms with van der Waals surface area (Å²) < 4.78 is 9.82. The minimum atomic E-state index is -0.567. The minimum absolute atomic E-state index is 0.00277. The molecule has 0 bridgehead atoms. The third kappa shape index (κ3) is 8.04. The normalized spacial score (nSPS) is 10.8. The number of unbranched alkanes of at least 4 members (excludes halogenated alkanes) is 1. The van der Waals surface area contributed by atoms with Crippen molar-refractivity contribution in [3.05, 3.63) is 40.3 Å². The van der Waals surface area contributed by atoms with Crippen LogP contribution in [0.3, 0.4) is 0 Å². The Morgan fingerprint density at radius 3 is 2.85 bits per heavy atom. The highest BCUT2D eigenvalue weighted by atomic mass is 16.5. The molecule has 0 fully saturated rings. The van der Waals surface area contributed by atoms with E-state index in [9.17, 15) is 9.59 Å². The molecule has 9 nitrogen and oxygen atoms in total. The van der Waals surface area contributed by atoms with E-state index in [0.29, 0.717) is 30.6 Å². The molecule has 0 saturated carbocycles. The van der Waals surface area contributed by atoms with Crippen LogP contribution in [0.25, 0.3) is 10.4 Å². The van der Waals surface area contributed by atoms with Crippen LogP contribution in [0.4, 0.5) is 10.5 Å². The lowest BCUT2D eigenvalue weighted by atomic mass is 10.0. The van der Waals surface area contributed by atoms with Crippen LogP contribution in [0.1, 0.15) is 31.7 Å². The summed E-state index contributed by atoms with van der Waals surface area (Å²) in [5.74, 6) is -0.676. The molecule has 1 aromatic rings. The molecule has 0 aliphatic heterocycles. The number of nitrogens with one attached hydrogen (secondary N) is 1. The second kappa shape index (κ2) is 12.2.